The van der Waals surface area contributed by atoms with E-state index in [9.17, 15) is 9.59 Å². The molecule has 2 aromatic carbocycles. The minimum atomic E-state index is -0.496. The molecule has 0 N–H and O–H groups in total. The van der Waals surface area contributed by atoms with Crippen LogP contribution in [0.25, 0.3) is 0 Å². The van der Waals surface area contributed by atoms with Gasteiger partial charge in [-0.05, 0) is 23.8 Å². The van der Waals surface area contributed by atoms with Crippen LogP contribution in [0.2, 0.25) is 0 Å². The number of benzene rings is 2. The van der Waals surface area contributed by atoms with E-state index >= 15 is 0 Å². The summed E-state index contributed by atoms with van der Waals surface area (Å²) in [6.45, 7) is 0. The van der Waals surface area contributed by atoms with Gasteiger partial charge in [-0.2, -0.15) is 0 Å². The molecule has 0 spiro atoms. The van der Waals surface area contributed by atoms with Gasteiger partial charge in [0.25, 0.3) is 0 Å². The first-order chi connectivity index (χ1) is 10.7. The third kappa shape index (κ3) is 3.06. The Hall–Kier alpha value is -2.88. The second-order valence-corrected chi connectivity index (χ2v) is 5.00. The zero-order valence-electron chi connectivity index (χ0n) is 11.9. The Morgan fingerprint density at radius 2 is 1.64 bits per heavy atom. The summed E-state index contributed by atoms with van der Waals surface area (Å²) in [6, 6.07) is 18.0. The monoisotopic (exact) mass is 293 g/mol. The van der Waals surface area contributed by atoms with Crippen molar-refractivity contribution in [2.45, 2.75) is 12.5 Å². The van der Waals surface area contributed by atoms with Crippen LogP contribution in [0.1, 0.15) is 18.0 Å². The Morgan fingerprint density at radius 1 is 1.00 bits per heavy atom. The quantitative estimate of drug-likeness (QED) is 0.848. The first kappa shape index (κ1) is 14.1. The summed E-state index contributed by atoms with van der Waals surface area (Å²) in [5, 5.41) is 0. The van der Waals surface area contributed by atoms with Crippen molar-refractivity contribution in [3.63, 3.8) is 0 Å². The molecule has 4 nitrogen and oxygen atoms in total. The van der Waals surface area contributed by atoms with Crippen molar-refractivity contribution in [2.75, 3.05) is 0 Å². The highest BCUT2D eigenvalue weighted by atomic mass is 16.6. The van der Waals surface area contributed by atoms with Gasteiger partial charge in [0.05, 0.1) is 6.04 Å². The number of ketones is 1. The van der Waals surface area contributed by atoms with Crippen molar-refractivity contribution in [2.24, 2.45) is 0 Å². The number of hydrogen-bond acceptors (Lipinski definition) is 3. The number of allylic oxidation sites excluding steroid dienone is 1. The van der Waals surface area contributed by atoms with Gasteiger partial charge in [-0.15, -0.1) is 0 Å². The molecule has 1 aliphatic rings. The second kappa shape index (κ2) is 6.26. The summed E-state index contributed by atoms with van der Waals surface area (Å²) in [4.78, 5) is 25.6. The number of ether oxygens (including phenoxy) is 1. The lowest BCUT2D eigenvalue weighted by Gasteiger charge is -2.30. The van der Waals surface area contributed by atoms with Gasteiger partial charge in [0.15, 0.2) is 5.78 Å². The molecule has 4 heteroatoms. The van der Waals surface area contributed by atoms with Crippen LogP contribution >= 0.6 is 0 Å². The maximum Gasteiger partial charge on any atom is 0.419 e. The number of hydrogen-bond donors (Lipinski definition) is 0. The van der Waals surface area contributed by atoms with Crippen LogP contribution in [-0.2, 0) is 4.79 Å². The molecule has 0 aliphatic carbocycles. The van der Waals surface area contributed by atoms with Gasteiger partial charge in [0.2, 0.25) is 0 Å². The van der Waals surface area contributed by atoms with Gasteiger partial charge in [0, 0.05) is 12.6 Å². The molecule has 1 atom stereocenters. The van der Waals surface area contributed by atoms with E-state index in [1.807, 2.05) is 36.4 Å². The number of nitrogens with zero attached hydrogens (tertiary/aromatic N) is 1. The van der Waals surface area contributed by atoms with Gasteiger partial charge in [-0.25, -0.2) is 4.79 Å². The molecule has 0 radical (unpaired) electrons. The van der Waals surface area contributed by atoms with Crippen LogP contribution in [0.15, 0.2) is 72.9 Å². The minimum Gasteiger partial charge on any atom is -0.410 e. The van der Waals surface area contributed by atoms with E-state index in [1.54, 1.807) is 24.3 Å². The molecule has 0 saturated heterocycles. The lowest BCUT2D eigenvalue weighted by molar-refractivity contribution is -0.116. The number of carbonyl (C=O) groups is 2. The molecule has 110 valence electrons. The standard InChI is InChI=1S/C18H15NO3/c20-15-11-12-19(17(13-15)14-7-3-1-4-8-14)18(21)22-16-9-5-2-6-10-16/h1-12,17H,13H2/t17-/m0/s1. The fourth-order valence-electron chi connectivity index (χ4n) is 2.41. The number of amides is 1. The highest BCUT2D eigenvalue weighted by Gasteiger charge is 2.29. The average molecular weight is 293 g/mol. The fraction of sp³-hybridized carbons (Fsp3) is 0.111. The Kier molecular flexibility index (Phi) is 4.01. The number of rotatable bonds is 2. The van der Waals surface area contributed by atoms with E-state index in [4.69, 9.17) is 4.74 Å². The highest BCUT2D eigenvalue weighted by Crippen LogP contribution is 2.29. The lowest BCUT2D eigenvalue weighted by Crippen LogP contribution is -2.36. The first-order valence-corrected chi connectivity index (χ1v) is 7.05. The molecule has 1 amide bonds. The molecule has 0 bridgehead atoms. The van der Waals surface area contributed by atoms with E-state index in [0.717, 1.165) is 5.56 Å². The highest BCUT2D eigenvalue weighted by molar-refractivity contribution is 5.92. The van der Waals surface area contributed by atoms with E-state index in [1.165, 1.54) is 17.2 Å². The Morgan fingerprint density at radius 3 is 2.32 bits per heavy atom. The summed E-state index contributed by atoms with van der Waals surface area (Å²) in [7, 11) is 0. The van der Waals surface area contributed by atoms with Gasteiger partial charge >= 0.3 is 6.09 Å². The molecule has 1 aliphatic heterocycles. The third-order valence-corrected chi connectivity index (χ3v) is 3.49. The van der Waals surface area contributed by atoms with Crippen LogP contribution in [0, 0.1) is 0 Å². The van der Waals surface area contributed by atoms with Crippen LogP contribution in [0.4, 0.5) is 4.79 Å². The molecule has 0 saturated carbocycles. The van der Waals surface area contributed by atoms with Crippen molar-refractivity contribution >= 4 is 11.9 Å². The molecule has 0 unspecified atom stereocenters. The molecule has 0 fully saturated rings. The molecular formula is C18H15NO3. The minimum absolute atomic E-state index is 0.00221. The van der Waals surface area contributed by atoms with E-state index in [-0.39, 0.29) is 18.2 Å². The van der Waals surface area contributed by atoms with E-state index in [2.05, 4.69) is 0 Å². The molecule has 22 heavy (non-hydrogen) atoms. The molecular weight excluding hydrogens is 278 g/mol. The largest absolute Gasteiger partial charge is 0.419 e. The summed E-state index contributed by atoms with van der Waals surface area (Å²) in [5.74, 6) is 0.474. The van der Waals surface area contributed by atoms with Crippen molar-refractivity contribution in [3.05, 3.63) is 78.5 Å². The first-order valence-electron chi connectivity index (χ1n) is 7.05. The van der Waals surface area contributed by atoms with Gasteiger partial charge in [-0.1, -0.05) is 48.5 Å². The van der Waals surface area contributed by atoms with E-state index in [0.29, 0.717) is 5.75 Å². The maximum absolute atomic E-state index is 12.4. The average Bonchev–Trinajstić information content (AvgIpc) is 2.56. The normalized spacial score (nSPS) is 17.4. The lowest BCUT2D eigenvalue weighted by atomic mass is 9.98. The summed E-state index contributed by atoms with van der Waals surface area (Å²) in [5.41, 5.74) is 0.908. The topological polar surface area (TPSA) is 46.6 Å². The van der Waals surface area contributed by atoms with Gasteiger partial charge < -0.3 is 4.74 Å². The fourth-order valence-corrected chi connectivity index (χ4v) is 2.41. The van der Waals surface area contributed by atoms with Crippen molar-refractivity contribution in [1.82, 2.24) is 4.90 Å². The zero-order chi connectivity index (χ0) is 15.4. The summed E-state index contributed by atoms with van der Waals surface area (Å²) >= 11 is 0. The Labute approximate surface area is 128 Å². The van der Waals surface area contributed by atoms with Gasteiger partial charge in [0.1, 0.15) is 5.75 Å². The van der Waals surface area contributed by atoms with E-state index < -0.39 is 6.09 Å². The summed E-state index contributed by atoms with van der Waals surface area (Å²) in [6.07, 6.45) is 2.66. The predicted octanol–water partition coefficient (Wildman–Crippen LogP) is 3.72. The van der Waals surface area contributed by atoms with Crippen LogP contribution in [-0.4, -0.2) is 16.8 Å². The molecule has 2 aromatic rings. The van der Waals surface area contributed by atoms with Crippen LogP contribution < -0.4 is 4.74 Å². The smallest absolute Gasteiger partial charge is 0.410 e. The van der Waals surface area contributed by atoms with Gasteiger partial charge in [-0.3, -0.25) is 9.69 Å². The third-order valence-electron chi connectivity index (χ3n) is 3.49. The predicted molar refractivity (Wildman–Crippen MR) is 82.3 cm³/mol. The molecule has 3 rings (SSSR count). The van der Waals surface area contributed by atoms with Crippen molar-refractivity contribution in [1.29, 1.82) is 0 Å². The molecule has 1 heterocycles. The van der Waals surface area contributed by atoms with Crippen LogP contribution in [0.3, 0.4) is 0 Å². The van der Waals surface area contributed by atoms with Crippen molar-refractivity contribution in [3.8, 4) is 5.75 Å². The summed E-state index contributed by atoms with van der Waals surface area (Å²) < 4.78 is 5.37. The van der Waals surface area contributed by atoms with Crippen LogP contribution in [0.5, 0.6) is 5.75 Å². The second-order valence-electron chi connectivity index (χ2n) is 5.00. The number of para-hydroxylation sites is 1. The van der Waals surface area contributed by atoms with Crippen molar-refractivity contribution < 1.29 is 14.3 Å². The maximum atomic E-state index is 12.4. The number of carbonyl (C=O) groups excluding carboxylic acids is 2. The Bertz CT molecular complexity index is 695. The zero-order valence-corrected chi connectivity index (χ0v) is 11.9. The molecule has 0 aromatic heterocycles. The SMILES string of the molecule is O=C1C=CN(C(=O)Oc2ccccc2)[C@H](c2ccccc2)C1. The Balaban J connectivity index is 1.84.